The molecule has 2 aromatic carbocycles. The summed E-state index contributed by atoms with van der Waals surface area (Å²) < 4.78 is 5.17. The number of nitro benzene ring substituents is 1. The molecule has 0 saturated heterocycles. The first-order valence-electron chi connectivity index (χ1n) is 6.40. The molecule has 0 heterocycles. The Morgan fingerprint density at radius 1 is 1.32 bits per heavy atom. The Morgan fingerprint density at radius 2 is 2.09 bits per heavy atom. The number of hydrogen-bond donors (Lipinski definition) is 2. The zero-order valence-corrected chi connectivity index (χ0v) is 11.8. The van der Waals surface area contributed by atoms with Crippen LogP contribution in [0.15, 0.2) is 42.5 Å². The molecule has 0 unspecified atom stereocenters. The second kappa shape index (κ2) is 6.57. The first-order chi connectivity index (χ1) is 10.5. The van der Waals surface area contributed by atoms with Crippen molar-refractivity contribution in [3.63, 3.8) is 0 Å². The number of methoxy groups -OCH3 is 1. The van der Waals surface area contributed by atoms with Crippen molar-refractivity contribution in [2.75, 3.05) is 12.4 Å². The molecule has 0 aliphatic carbocycles. The molecule has 0 aliphatic heterocycles. The zero-order valence-electron chi connectivity index (χ0n) is 11.8. The average molecular weight is 302 g/mol. The highest BCUT2D eigenvalue weighted by Gasteiger charge is 2.10. The van der Waals surface area contributed by atoms with E-state index in [2.05, 4.69) is 5.32 Å². The van der Waals surface area contributed by atoms with Gasteiger partial charge in [-0.05, 0) is 23.8 Å². The Hall–Kier alpha value is -3.09. The molecule has 0 radical (unpaired) electrons. The number of carboxylic acid groups (broad SMARTS) is 1. The molecule has 114 valence electrons. The maximum Gasteiger partial charge on any atom is 0.335 e. The van der Waals surface area contributed by atoms with E-state index >= 15 is 0 Å². The number of ether oxygens (including phenoxy) is 1. The van der Waals surface area contributed by atoms with Crippen LogP contribution in [-0.2, 0) is 6.54 Å². The van der Waals surface area contributed by atoms with Gasteiger partial charge in [-0.2, -0.15) is 0 Å². The second-order valence-corrected chi connectivity index (χ2v) is 4.50. The fraction of sp³-hybridized carbons (Fsp3) is 0.133. The van der Waals surface area contributed by atoms with Crippen molar-refractivity contribution in [2.45, 2.75) is 6.54 Å². The van der Waals surface area contributed by atoms with Crippen molar-refractivity contribution in [2.24, 2.45) is 0 Å². The number of benzene rings is 2. The molecule has 0 bridgehead atoms. The highest BCUT2D eigenvalue weighted by Crippen LogP contribution is 2.26. The lowest BCUT2D eigenvalue weighted by atomic mass is 10.1. The van der Waals surface area contributed by atoms with Crippen molar-refractivity contribution in [3.05, 3.63) is 63.7 Å². The van der Waals surface area contributed by atoms with Crippen LogP contribution in [0.3, 0.4) is 0 Å². The third kappa shape index (κ3) is 3.51. The summed E-state index contributed by atoms with van der Waals surface area (Å²) in [5, 5.41) is 22.8. The van der Waals surface area contributed by atoms with Gasteiger partial charge in [0.2, 0.25) is 0 Å². The molecular weight excluding hydrogens is 288 g/mol. The number of nitrogens with one attached hydrogen (secondary N) is 1. The van der Waals surface area contributed by atoms with Gasteiger partial charge in [0.25, 0.3) is 5.69 Å². The van der Waals surface area contributed by atoms with Crippen LogP contribution in [0, 0.1) is 10.1 Å². The number of hydrogen-bond acceptors (Lipinski definition) is 5. The first-order valence-corrected chi connectivity index (χ1v) is 6.40. The lowest BCUT2D eigenvalue weighted by Gasteiger charge is -2.12. The van der Waals surface area contributed by atoms with Crippen LogP contribution < -0.4 is 10.1 Å². The monoisotopic (exact) mass is 302 g/mol. The molecule has 7 nitrogen and oxygen atoms in total. The molecule has 0 saturated carbocycles. The van der Waals surface area contributed by atoms with Crippen LogP contribution in [0.1, 0.15) is 15.9 Å². The number of nitrogens with zero attached hydrogens (tertiary/aromatic N) is 1. The summed E-state index contributed by atoms with van der Waals surface area (Å²) in [5.41, 5.74) is 1.35. The summed E-state index contributed by atoms with van der Waals surface area (Å²) in [4.78, 5) is 21.3. The van der Waals surface area contributed by atoms with E-state index in [1.807, 2.05) is 0 Å². The molecule has 7 heteroatoms. The molecule has 0 atom stereocenters. The highest BCUT2D eigenvalue weighted by atomic mass is 16.6. The van der Waals surface area contributed by atoms with Gasteiger partial charge in [-0.25, -0.2) is 4.79 Å². The molecule has 22 heavy (non-hydrogen) atoms. The van der Waals surface area contributed by atoms with E-state index in [-0.39, 0.29) is 11.3 Å². The summed E-state index contributed by atoms with van der Waals surface area (Å²) >= 11 is 0. The predicted octanol–water partition coefficient (Wildman–Crippen LogP) is 2.91. The molecule has 0 fully saturated rings. The number of aromatic carboxylic acids is 1. The third-order valence-electron chi connectivity index (χ3n) is 3.05. The number of nitro groups is 1. The minimum absolute atomic E-state index is 0.00514. The van der Waals surface area contributed by atoms with Gasteiger partial charge >= 0.3 is 5.97 Å². The summed E-state index contributed by atoms with van der Waals surface area (Å²) in [7, 11) is 1.48. The maximum absolute atomic E-state index is 11.0. The first kappa shape index (κ1) is 15.3. The summed E-state index contributed by atoms with van der Waals surface area (Å²) in [6.07, 6.45) is 0. The Morgan fingerprint density at radius 3 is 2.73 bits per heavy atom. The van der Waals surface area contributed by atoms with E-state index in [4.69, 9.17) is 9.84 Å². The van der Waals surface area contributed by atoms with Gasteiger partial charge in [0.15, 0.2) is 0 Å². The molecule has 0 aromatic heterocycles. The van der Waals surface area contributed by atoms with Crippen molar-refractivity contribution >= 4 is 17.3 Å². The zero-order chi connectivity index (χ0) is 16.1. The van der Waals surface area contributed by atoms with Gasteiger partial charge in [-0.15, -0.1) is 0 Å². The second-order valence-electron chi connectivity index (χ2n) is 4.50. The average Bonchev–Trinajstić information content (AvgIpc) is 2.52. The largest absolute Gasteiger partial charge is 0.495 e. The Labute approximate surface area is 126 Å². The van der Waals surface area contributed by atoms with E-state index in [1.54, 1.807) is 18.2 Å². The maximum atomic E-state index is 11.0. The van der Waals surface area contributed by atoms with Crippen molar-refractivity contribution < 1.29 is 19.6 Å². The number of rotatable bonds is 6. The molecule has 2 N–H and O–H groups in total. The normalized spacial score (nSPS) is 10.0. The Kier molecular flexibility index (Phi) is 4.57. The topological polar surface area (TPSA) is 102 Å². The molecule has 2 aromatic rings. The van der Waals surface area contributed by atoms with Crippen LogP contribution in [0.25, 0.3) is 0 Å². The fourth-order valence-electron chi connectivity index (χ4n) is 1.96. The number of non-ortho nitro benzene ring substituents is 1. The molecule has 0 aliphatic rings. The van der Waals surface area contributed by atoms with Gasteiger partial charge in [0, 0.05) is 18.7 Å². The Bertz CT molecular complexity index is 715. The minimum atomic E-state index is -1.04. The minimum Gasteiger partial charge on any atom is -0.495 e. The standard InChI is InChI=1S/C15H14N2O5/c1-22-14-6-5-11(15(18)19)8-13(14)16-9-10-3-2-4-12(7-10)17(20)21/h2-8,16H,9H2,1H3,(H,18,19). The van der Waals surface area contributed by atoms with Gasteiger partial charge in [0.1, 0.15) is 5.75 Å². The number of carboxylic acids is 1. The van der Waals surface area contributed by atoms with Crippen molar-refractivity contribution in [1.82, 2.24) is 0 Å². The summed E-state index contributed by atoms with van der Waals surface area (Å²) in [6, 6.07) is 10.7. The molecular formula is C15H14N2O5. The SMILES string of the molecule is COc1ccc(C(=O)O)cc1NCc1cccc([N+](=O)[O-])c1. The summed E-state index contributed by atoms with van der Waals surface area (Å²) in [5.74, 6) is -0.545. The van der Waals surface area contributed by atoms with Crippen LogP contribution in [0.2, 0.25) is 0 Å². The molecule has 0 spiro atoms. The smallest absolute Gasteiger partial charge is 0.335 e. The lowest BCUT2D eigenvalue weighted by Crippen LogP contribution is -2.04. The van der Waals surface area contributed by atoms with Crippen molar-refractivity contribution in [3.8, 4) is 5.75 Å². The van der Waals surface area contributed by atoms with E-state index < -0.39 is 10.9 Å². The van der Waals surface area contributed by atoms with Crippen LogP contribution in [0.5, 0.6) is 5.75 Å². The van der Waals surface area contributed by atoms with Gasteiger partial charge < -0.3 is 15.2 Å². The van der Waals surface area contributed by atoms with Crippen molar-refractivity contribution in [1.29, 1.82) is 0 Å². The molecule has 2 rings (SSSR count). The number of anilines is 1. The molecule has 0 amide bonds. The third-order valence-corrected chi connectivity index (χ3v) is 3.05. The van der Waals surface area contributed by atoms with E-state index in [0.29, 0.717) is 23.5 Å². The van der Waals surface area contributed by atoms with E-state index in [1.165, 1.54) is 31.4 Å². The van der Waals surface area contributed by atoms with Crippen LogP contribution >= 0.6 is 0 Å². The quantitative estimate of drug-likeness (QED) is 0.628. The van der Waals surface area contributed by atoms with Gasteiger partial charge in [-0.1, -0.05) is 12.1 Å². The van der Waals surface area contributed by atoms with Crippen LogP contribution in [0.4, 0.5) is 11.4 Å². The number of carbonyl (C=O) groups is 1. The summed E-state index contributed by atoms with van der Waals surface area (Å²) in [6.45, 7) is 0.307. The highest BCUT2D eigenvalue weighted by molar-refractivity contribution is 5.89. The van der Waals surface area contributed by atoms with Crippen LogP contribution in [-0.4, -0.2) is 23.1 Å². The van der Waals surface area contributed by atoms with Gasteiger partial charge in [-0.3, -0.25) is 10.1 Å². The Balaban J connectivity index is 2.20. The van der Waals surface area contributed by atoms with E-state index in [0.717, 1.165) is 0 Å². The van der Waals surface area contributed by atoms with E-state index in [9.17, 15) is 14.9 Å². The fourth-order valence-corrected chi connectivity index (χ4v) is 1.96. The lowest BCUT2D eigenvalue weighted by molar-refractivity contribution is -0.384. The predicted molar refractivity (Wildman–Crippen MR) is 80.4 cm³/mol. The van der Waals surface area contributed by atoms with Gasteiger partial charge in [0.05, 0.1) is 23.3 Å².